The largest absolute Gasteiger partial charge is 0.496 e. The van der Waals surface area contributed by atoms with Gasteiger partial charge in [0.25, 0.3) is 0 Å². The summed E-state index contributed by atoms with van der Waals surface area (Å²) < 4.78 is 6.50. The number of alkyl halides is 1. The monoisotopic (exact) mass is 338 g/mol. The Morgan fingerprint density at radius 1 is 1.11 bits per heavy atom. The number of methoxy groups -OCH3 is 1. The lowest BCUT2D eigenvalue weighted by Gasteiger charge is -2.16. The average molecular weight is 340 g/mol. The quantitative estimate of drug-likeness (QED) is 0.680. The molecule has 1 atom stereocenters. The third-order valence-electron chi connectivity index (χ3n) is 3.13. The van der Waals surface area contributed by atoms with Crippen molar-refractivity contribution in [3.63, 3.8) is 0 Å². The molecular weight excluding hydrogens is 324 g/mol. The fraction of sp³-hybridized carbons (Fsp3) is 0.250. The van der Waals surface area contributed by atoms with E-state index >= 15 is 0 Å². The van der Waals surface area contributed by atoms with Crippen molar-refractivity contribution in [2.75, 3.05) is 7.11 Å². The fourth-order valence-corrected chi connectivity index (χ4v) is 2.61. The topological polar surface area (TPSA) is 9.23 Å². The van der Waals surface area contributed by atoms with Gasteiger partial charge in [0.05, 0.1) is 12.5 Å². The second-order valence-corrected chi connectivity index (χ2v) is 5.91. The van der Waals surface area contributed by atoms with Crippen molar-refractivity contribution in [2.24, 2.45) is 0 Å². The number of hydrogen-bond donors (Lipinski definition) is 0. The molecule has 1 nitrogen and oxygen atoms in total. The van der Waals surface area contributed by atoms with Gasteiger partial charge in [-0.05, 0) is 37.1 Å². The van der Waals surface area contributed by atoms with Gasteiger partial charge in [-0.2, -0.15) is 0 Å². The molecule has 0 saturated heterocycles. The molecule has 0 amide bonds. The third kappa shape index (κ3) is 3.13. The zero-order chi connectivity index (χ0) is 14.0. The van der Waals surface area contributed by atoms with Crippen LogP contribution in [-0.4, -0.2) is 7.11 Å². The van der Waals surface area contributed by atoms with E-state index in [1.807, 2.05) is 24.3 Å². The van der Waals surface area contributed by atoms with Gasteiger partial charge in [0.15, 0.2) is 0 Å². The van der Waals surface area contributed by atoms with Crippen LogP contribution in [-0.2, 0) is 0 Å². The Labute approximate surface area is 127 Å². The summed E-state index contributed by atoms with van der Waals surface area (Å²) in [6.45, 7) is 4.12. The molecule has 0 bridgehead atoms. The highest BCUT2D eigenvalue weighted by Gasteiger charge is 2.16. The second kappa shape index (κ2) is 5.98. The number of benzene rings is 2. The summed E-state index contributed by atoms with van der Waals surface area (Å²) in [5, 5.41) is -0.207. The van der Waals surface area contributed by atoms with E-state index in [4.69, 9.17) is 16.3 Å². The minimum atomic E-state index is -0.207. The van der Waals surface area contributed by atoms with E-state index < -0.39 is 0 Å². The molecular formula is C16H16BrClO. The molecule has 0 aliphatic rings. The van der Waals surface area contributed by atoms with Crippen LogP contribution in [0.5, 0.6) is 5.75 Å². The molecule has 100 valence electrons. The molecule has 2 aromatic carbocycles. The molecule has 0 saturated carbocycles. The summed E-state index contributed by atoms with van der Waals surface area (Å²) in [6, 6.07) is 12.2. The van der Waals surface area contributed by atoms with Crippen LogP contribution in [0.25, 0.3) is 0 Å². The first kappa shape index (κ1) is 14.4. The van der Waals surface area contributed by atoms with Crippen LogP contribution in [0.3, 0.4) is 0 Å². The van der Waals surface area contributed by atoms with E-state index in [1.165, 1.54) is 11.1 Å². The Kier molecular flexibility index (Phi) is 4.54. The molecule has 3 heteroatoms. The minimum Gasteiger partial charge on any atom is -0.496 e. The van der Waals surface area contributed by atoms with E-state index in [9.17, 15) is 0 Å². The Balaban J connectivity index is 2.45. The number of ether oxygens (including phenoxy) is 1. The number of aryl methyl sites for hydroxylation is 2. The van der Waals surface area contributed by atoms with Gasteiger partial charge >= 0.3 is 0 Å². The summed E-state index contributed by atoms with van der Waals surface area (Å²) in [7, 11) is 1.67. The molecule has 19 heavy (non-hydrogen) atoms. The SMILES string of the molecule is COc1ccc(C)cc1C(Cl)c1ccc(Br)c(C)c1. The van der Waals surface area contributed by atoms with E-state index in [1.54, 1.807) is 7.11 Å². The van der Waals surface area contributed by atoms with Gasteiger partial charge in [0.2, 0.25) is 0 Å². The highest BCUT2D eigenvalue weighted by atomic mass is 79.9. The van der Waals surface area contributed by atoms with Gasteiger partial charge in [-0.15, -0.1) is 11.6 Å². The molecule has 0 N–H and O–H groups in total. The molecule has 0 aromatic heterocycles. The number of halogens is 2. The molecule has 2 rings (SSSR count). The van der Waals surface area contributed by atoms with Crippen molar-refractivity contribution in [1.29, 1.82) is 0 Å². The molecule has 0 aliphatic carbocycles. The van der Waals surface area contributed by atoms with Crippen LogP contribution < -0.4 is 4.74 Å². The average Bonchev–Trinajstić information content (AvgIpc) is 2.41. The van der Waals surface area contributed by atoms with Crippen LogP contribution in [0.2, 0.25) is 0 Å². The van der Waals surface area contributed by atoms with Crippen molar-refractivity contribution in [3.8, 4) is 5.75 Å². The Bertz CT molecular complexity index is 595. The van der Waals surface area contributed by atoms with E-state index in [0.29, 0.717) is 0 Å². The lowest BCUT2D eigenvalue weighted by molar-refractivity contribution is 0.410. The number of rotatable bonds is 3. The van der Waals surface area contributed by atoms with Crippen LogP contribution in [0.15, 0.2) is 40.9 Å². The third-order valence-corrected chi connectivity index (χ3v) is 4.51. The second-order valence-electron chi connectivity index (χ2n) is 4.62. The van der Waals surface area contributed by atoms with Crippen molar-refractivity contribution in [2.45, 2.75) is 19.2 Å². The highest BCUT2D eigenvalue weighted by Crippen LogP contribution is 2.36. The zero-order valence-corrected chi connectivity index (χ0v) is 13.5. The summed E-state index contributed by atoms with van der Waals surface area (Å²) in [5.74, 6) is 0.825. The van der Waals surface area contributed by atoms with Gasteiger partial charge in [-0.3, -0.25) is 0 Å². The first-order chi connectivity index (χ1) is 9.02. The molecule has 0 spiro atoms. The van der Waals surface area contributed by atoms with Gasteiger partial charge < -0.3 is 4.74 Å². The van der Waals surface area contributed by atoms with Crippen LogP contribution in [0.4, 0.5) is 0 Å². The standard InChI is InChI=1S/C16H16BrClO/c1-10-4-7-15(19-3)13(8-10)16(18)12-5-6-14(17)11(2)9-12/h4-9,16H,1-3H3. The predicted molar refractivity (Wildman–Crippen MR) is 84.3 cm³/mol. The maximum atomic E-state index is 6.62. The Hall–Kier alpha value is -0.990. The van der Waals surface area contributed by atoms with Crippen LogP contribution >= 0.6 is 27.5 Å². The molecule has 1 unspecified atom stereocenters. The summed E-state index contributed by atoms with van der Waals surface area (Å²) in [5.41, 5.74) is 4.43. The first-order valence-corrected chi connectivity index (χ1v) is 7.30. The maximum Gasteiger partial charge on any atom is 0.123 e. The van der Waals surface area contributed by atoms with Gasteiger partial charge in [0, 0.05) is 10.0 Å². The van der Waals surface area contributed by atoms with Crippen LogP contribution in [0.1, 0.15) is 27.6 Å². The van der Waals surface area contributed by atoms with Crippen molar-refractivity contribution < 1.29 is 4.74 Å². The van der Waals surface area contributed by atoms with Gasteiger partial charge in [0.1, 0.15) is 5.75 Å². The lowest BCUT2D eigenvalue weighted by atomic mass is 10.0. The summed E-state index contributed by atoms with van der Waals surface area (Å²) >= 11 is 10.1. The van der Waals surface area contributed by atoms with E-state index in [2.05, 4.69) is 41.9 Å². The molecule has 0 heterocycles. The zero-order valence-electron chi connectivity index (χ0n) is 11.2. The van der Waals surface area contributed by atoms with E-state index in [0.717, 1.165) is 21.3 Å². The number of hydrogen-bond acceptors (Lipinski definition) is 1. The fourth-order valence-electron chi connectivity index (χ4n) is 2.06. The summed E-state index contributed by atoms with van der Waals surface area (Å²) in [4.78, 5) is 0. The minimum absolute atomic E-state index is 0.207. The van der Waals surface area contributed by atoms with Gasteiger partial charge in [-0.25, -0.2) is 0 Å². The van der Waals surface area contributed by atoms with Gasteiger partial charge in [-0.1, -0.05) is 45.8 Å². The van der Waals surface area contributed by atoms with E-state index in [-0.39, 0.29) is 5.38 Å². The maximum absolute atomic E-state index is 6.62. The first-order valence-electron chi connectivity index (χ1n) is 6.07. The highest BCUT2D eigenvalue weighted by molar-refractivity contribution is 9.10. The molecule has 2 aromatic rings. The van der Waals surface area contributed by atoms with Crippen LogP contribution in [0, 0.1) is 13.8 Å². The normalized spacial score (nSPS) is 12.3. The van der Waals surface area contributed by atoms with Crippen molar-refractivity contribution in [3.05, 3.63) is 63.1 Å². The molecule has 0 radical (unpaired) electrons. The smallest absolute Gasteiger partial charge is 0.123 e. The summed E-state index contributed by atoms with van der Waals surface area (Å²) in [6.07, 6.45) is 0. The molecule has 0 fully saturated rings. The predicted octanol–water partition coefficient (Wildman–Crippen LogP) is 5.40. The molecule has 0 aliphatic heterocycles. The van der Waals surface area contributed by atoms with Crippen molar-refractivity contribution in [1.82, 2.24) is 0 Å². The Morgan fingerprint density at radius 3 is 2.47 bits per heavy atom. The Morgan fingerprint density at radius 2 is 1.84 bits per heavy atom. The van der Waals surface area contributed by atoms with Crippen molar-refractivity contribution >= 4 is 27.5 Å². The lowest BCUT2D eigenvalue weighted by Crippen LogP contribution is -1.98.